The summed E-state index contributed by atoms with van der Waals surface area (Å²) in [5.74, 6) is 0.545. The van der Waals surface area contributed by atoms with Crippen LogP contribution in [0.5, 0.6) is 0 Å². The molecule has 3 fully saturated rings. The van der Waals surface area contributed by atoms with Crippen LogP contribution in [0.2, 0.25) is 0 Å². The molecular formula is C15H29N3O2S. The molecule has 3 rings (SSSR count). The topological polar surface area (TPSA) is 52.7 Å². The maximum Gasteiger partial charge on any atom is 0.282 e. The average molecular weight is 315 g/mol. The van der Waals surface area contributed by atoms with Crippen molar-refractivity contribution >= 4 is 10.2 Å². The molecule has 0 saturated carbocycles. The van der Waals surface area contributed by atoms with E-state index in [1.54, 1.807) is 4.31 Å². The van der Waals surface area contributed by atoms with E-state index in [1.165, 1.54) is 0 Å². The molecule has 2 atom stereocenters. The van der Waals surface area contributed by atoms with Gasteiger partial charge in [0.05, 0.1) is 0 Å². The molecule has 0 aromatic carbocycles. The van der Waals surface area contributed by atoms with E-state index in [0.717, 1.165) is 64.6 Å². The van der Waals surface area contributed by atoms with Crippen LogP contribution in [0.1, 0.15) is 51.9 Å². The highest BCUT2D eigenvalue weighted by atomic mass is 32.2. The summed E-state index contributed by atoms with van der Waals surface area (Å²) in [7, 11) is -3.26. The van der Waals surface area contributed by atoms with E-state index in [4.69, 9.17) is 0 Å². The van der Waals surface area contributed by atoms with Crippen molar-refractivity contribution in [2.45, 2.75) is 64.0 Å². The van der Waals surface area contributed by atoms with Gasteiger partial charge in [-0.05, 0) is 64.5 Å². The van der Waals surface area contributed by atoms with Gasteiger partial charge in [-0.3, -0.25) is 0 Å². The fourth-order valence-electron chi connectivity index (χ4n) is 4.30. The minimum absolute atomic E-state index is 0.165. The molecular weight excluding hydrogens is 286 g/mol. The second-order valence-electron chi connectivity index (χ2n) is 6.87. The maximum atomic E-state index is 13.1. The highest BCUT2D eigenvalue weighted by Crippen LogP contribution is 2.34. The molecule has 0 amide bonds. The van der Waals surface area contributed by atoms with E-state index in [2.05, 4.69) is 12.2 Å². The third-order valence-electron chi connectivity index (χ3n) is 5.51. The van der Waals surface area contributed by atoms with Gasteiger partial charge in [0.15, 0.2) is 0 Å². The zero-order chi connectivity index (χ0) is 14.9. The van der Waals surface area contributed by atoms with Crippen LogP contribution in [0.15, 0.2) is 0 Å². The number of hydrogen-bond donors (Lipinski definition) is 1. The van der Waals surface area contributed by atoms with Crippen LogP contribution in [0, 0.1) is 5.92 Å². The van der Waals surface area contributed by atoms with Gasteiger partial charge in [-0.2, -0.15) is 17.0 Å². The summed E-state index contributed by atoms with van der Waals surface area (Å²) in [6.45, 7) is 5.57. The standard InChI is InChI=1S/C15H29N3O2S/c1-13-5-2-3-11-17(13)21(19,20)18-12-4-6-15(18)14-7-9-16-10-8-14/h13-16H,2-12H2,1H3. The van der Waals surface area contributed by atoms with E-state index >= 15 is 0 Å². The van der Waals surface area contributed by atoms with Crippen molar-refractivity contribution in [1.29, 1.82) is 0 Å². The normalized spacial score (nSPS) is 34.3. The van der Waals surface area contributed by atoms with E-state index in [1.807, 2.05) is 4.31 Å². The number of nitrogens with zero attached hydrogens (tertiary/aromatic N) is 2. The lowest BCUT2D eigenvalue weighted by Crippen LogP contribution is -2.53. The van der Waals surface area contributed by atoms with Gasteiger partial charge in [-0.25, -0.2) is 0 Å². The minimum Gasteiger partial charge on any atom is -0.317 e. The third kappa shape index (κ3) is 3.14. The van der Waals surface area contributed by atoms with Crippen LogP contribution >= 0.6 is 0 Å². The molecule has 0 aromatic rings. The van der Waals surface area contributed by atoms with E-state index < -0.39 is 10.2 Å². The zero-order valence-electron chi connectivity index (χ0n) is 13.1. The molecule has 3 heterocycles. The quantitative estimate of drug-likeness (QED) is 0.860. The van der Waals surface area contributed by atoms with Crippen molar-refractivity contribution in [3.05, 3.63) is 0 Å². The Morgan fingerprint density at radius 3 is 2.33 bits per heavy atom. The minimum atomic E-state index is -3.26. The summed E-state index contributed by atoms with van der Waals surface area (Å²) in [4.78, 5) is 0. The van der Waals surface area contributed by atoms with Crippen molar-refractivity contribution in [2.75, 3.05) is 26.2 Å². The Kier molecular flexibility index (Phi) is 4.88. The summed E-state index contributed by atoms with van der Waals surface area (Å²) in [6, 6.07) is 0.407. The lowest BCUT2D eigenvalue weighted by Gasteiger charge is -2.39. The number of piperidine rings is 2. The van der Waals surface area contributed by atoms with Crippen LogP contribution in [0.25, 0.3) is 0 Å². The van der Waals surface area contributed by atoms with Gasteiger partial charge < -0.3 is 5.32 Å². The molecule has 21 heavy (non-hydrogen) atoms. The first-order chi connectivity index (χ1) is 10.1. The molecule has 0 aromatic heterocycles. The van der Waals surface area contributed by atoms with Crippen LogP contribution in [-0.4, -0.2) is 55.3 Å². The van der Waals surface area contributed by atoms with Gasteiger partial charge in [0.2, 0.25) is 0 Å². The highest BCUT2D eigenvalue weighted by molar-refractivity contribution is 7.86. The van der Waals surface area contributed by atoms with Gasteiger partial charge in [0.1, 0.15) is 0 Å². The summed E-state index contributed by atoms with van der Waals surface area (Å²) in [6.07, 6.45) is 7.48. The van der Waals surface area contributed by atoms with Gasteiger partial charge in [0, 0.05) is 25.2 Å². The second kappa shape index (κ2) is 6.52. The fourth-order valence-corrected chi connectivity index (χ4v) is 6.47. The molecule has 5 nitrogen and oxygen atoms in total. The highest BCUT2D eigenvalue weighted by Gasteiger charge is 2.43. The molecule has 3 aliphatic heterocycles. The van der Waals surface area contributed by atoms with Crippen LogP contribution in [0.3, 0.4) is 0 Å². The van der Waals surface area contributed by atoms with Crippen LogP contribution in [-0.2, 0) is 10.2 Å². The van der Waals surface area contributed by atoms with Crippen LogP contribution < -0.4 is 5.32 Å². The first-order valence-corrected chi connectivity index (χ1v) is 10.00. The Bertz CT molecular complexity index is 448. The molecule has 0 radical (unpaired) electrons. The smallest absolute Gasteiger partial charge is 0.282 e. The molecule has 1 N–H and O–H groups in total. The third-order valence-corrected chi connectivity index (χ3v) is 7.69. The van der Waals surface area contributed by atoms with Crippen molar-refractivity contribution in [3.63, 3.8) is 0 Å². The molecule has 0 spiro atoms. The number of nitrogens with one attached hydrogen (secondary N) is 1. The van der Waals surface area contributed by atoms with Crippen molar-refractivity contribution < 1.29 is 8.42 Å². The largest absolute Gasteiger partial charge is 0.317 e. The molecule has 6 heteroatoms. The summed E-state index contributed by atoms with van der Waals surface area (Å²) >= 11 is 0. The molecule has 3 aliphatic rings. The molecule has 122 valence electrons. The second-order valence-corrected chi connectivity index (χ2v) is 8.70. The monoisotopic (exact) mass is 315 g/mol. The Hall–Kier alpha value is -0.170. The maximum absolute atomic E-state index is 13.1. The van der Waals surface area contributed by atoms with Gasteiger partial charge in [-0.1, -0.05) is 6.42 Å². The molecule has 3 saturated heterocycles. The Morgan fingerprint density at radius 1 is 0.905 bits per heavy atom. The summed E-state index contributed by atoms with van der Waals surface area (Å²) in [5.41, 5.74) is 0. The van der Waals surface area contributed by atoms with Gasteiger partial charge in [-0.15, -0.1) is 0 Å². The SMILES string of the molecule is CC1CCCCN1S(=O)(=O)N1CCCC1C1CCNCC1. The van der Waals surface area contributed by atoms with Gasteiger partial charge in [0.25, 0.3) is 10.2 Å². The molecule has 0 aliphatic carbocycles. The Morgan fingerprint density at radius 2 is 1.62 bits per heavy atom. The first kappa shape index (κ1) is 15.7. The fraction of sp³-hybridized carbons (Fsp3) is 1.00. The van der Waals surface area contributed by atoms with Crippen molar-refractivity contribution in [2.24, 2.45) is 5.92 Å². The summed E-state index contributed by atoms with van der Waals surface area (Å²) < 4.78 is 29.8. The van der Waals surface area contributed by atoms with Crippen LogP contribution in [0.4, 0.5) is 0 Å². The van der Waals surface area contributed by atoms with E-state index in [9.17, 15) is 8.42 Å². The predicted octanol–water partition coefficient (Wildman–Crippen LogP) is 1.57. The van der Waals surface area contributed by atoms with E-state index in [-0.39, 0.29) is 12.1 Å². The van der Waals surface area contributed by atoms with Crippen molar-refractivity contribution in [1.82, 2.24) is 13.9 Å². The first-order valence-electron chi connectivity index (χ1n) is 8.60. The Balaban J connectivity index is 1.76. The lowest BCUT2D eigenvalue weighted by molar-refractivity contribution is 0.202. The average Bonchev–Trinajstić information content (AvgIpc) is 2.99. The number of hydrogen-bond acceptors (Lipinski definition) is 3. The van der Waals surface area contributed by atoms with Crippen molar-refractivity contribution in [3.8, 4) is 0 Å². The molecule has 2 unspecified atom stereocenters. The zero-order valence-corrected chi connectivity index (χ0v) is 13.9. The Labute approximate surface area is 129 Å². The predicted molar refractivity (Wildman–Crippen MR) is 84.3 cm³/mol. The van der Waals surface area contributed by atoms with E-state index in [0.29, 0.717) is 12.5 Å². The lowest BCUT2D eigenvalue weighted by atomic mass is 9.89. The van der Waals surface area contributed by atoms with Gasteiger partial charge >= 0.3 is 0 Å². The molecule has 0 bridgehead atoms. The summed E-state index contributed by atoms with van der Waals surface area (Å²) in [5, 5.41) is 3.38. The number of rotatable bonds is 3.